The molecule has 0 aromatic rings. The van der Waals surface area contributed by atoms with Gasteiger partial charge in [0, 0.05) is 12.1 Å². The fraction of sp³-hybridized carbons (Fsp3) is 0.938. The Morgan fingerprint density at radius 2 is 1.32 bits per heavy atom. The predicted octanol–water partition coefficient (Wildman–Crippen LogP) is 4.50. The van der Waals surface area contributed by atoms with Crippen molar-refractivity contribution in [1.29, 1.82) is 0 Å². The molecule has 0 spiro atoms. The molecule has 3 heteroatoms. The van der Waals surface area contributed by atoms with Crippen LogP contribution >= 0.6 is 0 Å². The molecular weight excluding hydrogens is 238 g/mol. The first-order valence-corrected chi connectivity index (χ1v) is 8.17. The average molecular weight is 267 g/mol. The van der Waals surface area contributed by atoms with Crippen molar-refractivity contribution in [3.63, 3.8) is 0 Å². The number of carbonyl (C=O) groups excluding carboxylic acids is 1. The van der Waals surface area contributed by atoms with Crippen molar-refractivity contribution in [2.45, 2.75) is 96.2 Å². The summed E-state index contributed by atoms with van der Waals surface area (Å²) in [6.07, 6.45) is 12.3. The number of carbonyl (C=O) groups is 1. The molecule has 0 aromatic heterocycles. The Balaban J connectivity index is 2.04. The maximum atomic E-state index is 12.5. The van der Waals surface area contributed by atoms with Crippen LogP contribution in [0.1, 0.15) is 78.1 Å². The fourth-order valence-corrected chi connectivity index (χ4v) is 3.58. The van der Waals surface area contributed by atoms with Gasteiger partial charge in [0.05, 0.1) is 6.10 Å². The van der Waals surface area contributed by atoms with E-state index < -0.39 is 0 Å². The van der Waals surface area contributed by atoms with Crippen molar-refractivity contribution >= 4 is 6.09 Å². The van der Waals surface area contributed by atoms with Crippen LogP contribution in [0.25, 0.3) is 0 Å². The molecule has 0 heterocycles. The first kappa shape index (κ1) is 14.7. The quantitative estimate of drug-likeness (QED) is 0.753. The Labute approximate surface area is 117 Å². The predicted molar refractivity (Wildman–Crippen MR) is 77.2 cm³/mol. The Morgan fingerprint density at radius 1 is 0.895 bits per heavy atom. The van der Waals surface area contributed by atoms with E-state index in [1.165, 1.54) is 64.2 Å². The zero-order valence-electron chi connectivity index (χ0n) is 12.6. The zero-order chi connectivity index (χ0) is 13.7. The van der Waals surface area contributed by atoms with Gasteiger partial charge in [-0.2, -0.15) is 0 Å². The zero-order valence-corrected chi connectivity index (χ0v) is 12.6. The van der Waals surface area contributed by atoms with Gasteiger partial charge in [-0.15, -0.1) is 0 Å². The maximum absolute atomic E-state index is 12.5. The normalized spacial score (nSPS) is 22.5. The van der Waals surface area contributed by atoms with Crippen LogP contribution in [0.4, 0.5) is 4.79 Å². The Hall–Kier alpha value is -0.730. The highest BCUT2D eigenvalue weighted by atomic mass is 16.6. The lowest BCUT2D eigenvalue weighted by Crippen LogP contribution is -2.49. The minimum Gasteiger partial charge on any atom is -0.447 e. The summed E-state index contributed by atoms with van der Waals surface area (Å²) in [5.74, 6) is 0. The summed E-state index contributed by atoms with van der Waals surface area (Å²) in [5.41, 5.74) is 0. The summed E-state index contributed by atoms with van der Waals surface area (Å²) in [5, 5.41) is 0. The van der Waals surface area contributed by atoms with Crippen LogP contribution in [0.5, 0.6) is 0 Å². The van der Waals surface area contributed by atoms with E-state index in [4.69, 9.17) is 4.74 Å². The summed E-state index contributed by atoms with van der Waals surface area (Å²) in [4.78, 5) is 14.6. The second kappa shape index (κ2) is 7.16. The van der Waals surface area contributed by atoms with Gasteiger partial charge in [0.15, 0.2) is 0 Å². The van der Waals surface area contributed by atoms with Crippen LogP contribution in [-0.4, -0.2) is 29.2 Å². The average Bonchev–Trinajstić information content (AvgIpc) is 2.40. The summed E-state index contributed by atoms with van der Waals surface area (Å²) >= 11 is 0. The van der Waals surface area contributed by atoms with Crippen LogP contribution < -0.4 is 0 Å². The largest absolute Gasteiger partial charge is 0.447 e. The van der Waals surface area contributed by atoms with Crippen LogP contribution in [0.2, 0.25) is 0 Å². The van der Waals surface area contributed by atoms with Crippen LogP contribution in [0, 0.1) is 0 Å². The highest BCUT2D eigenvalue weighted by Crippen LogP contribution is 2.30. The van der Waals surface area contributed by atoms with Crippen molar-refractivity contribution in [3.8, 4) is 0 Å². The molecule has 0 atom stereocenters. The SMILES string of the molecule is CC(C)OC(=O)N(C1CCCCC1)C1CCCCC1. The van der Waals surface area contributed by atoms with Gasteiger partial charge >= 0.3 is 6.09 Å². The number of hydrogen-bond donors (Lipinski definition) is 0. The highest BCUT2D eigenvalue weighted by molar-refractivity contribution is 5.68. The Kier molecular flexibility index (Phi) is 5.53. The molecule has 0 aromatic carbocycles. The van der Waals surface area contributed by atoms with E-state index in [-0.39, 0.29) is 12.2 Å². The van der Waals surface area contributed by atoms with E-state index >= 15 is 0 Å². The second-order valence-electron chi connectivity index (χ2n) is 6.42. The van der Waals surface area contributed by atoms with Crippen molar-refractivity contribution < 1.29 is 9.53 Å². The molecule has 2 saturated carbocycles. The minimum absolute atomic E-state index is 0.0119. The molecule has 2 fully saturated rings. The smallest absolute Gasteiger partial charge is 0.410 e. The monoisotopic (exact) mass is 267 g/mol. The third-order valence-electron chi connectivity index (χ3n) is 4.48. The first-order valence-electron chi connectivity index (χ1n) is 8.17. The molecule has 0 bridgehead atoms. The van der Waals surface area contributed by atoms with Crippen LogP contribution in [-0.2, 0) is 4.74 Å². The lowest BCUT2D eigenvalue weighted by Gasteiger charge is -2.41. The maximum Gasteiger partial charge on any atom is 0.410 e. The summed E-state index contributed by atoms with van der Waals surface area (Å²) < 4.78 is 5.51. The van der Waals surface area contributed by atoms with Gasteiger partial charge in [0.2, 0.25) is 0 Å². The molecule has 1 amide bonds. The molecule has 19 heavy (non-hydrogen) atoms. The molecule has 0 N–H and O–H groups in total. The van der Waals surface area contributed by atoms with Gasteiger partial charge in [-0.1, -0.05) is 38.5 Å². The number of amides is 1. The molecule has 2 aliphatic rings. The van der Waals surface area contributed by atoms with Crippen molar-refractivity contribution in [1.82, 2.24) is 4.90 Å². The summed E-state index contributed by atoms with van der Waals surface area (Å²) in [7, 11) is 0. The van der Waals surface area contributed by atoms with Gasteiger partial charge in [-0.05, 0) is 39.5 Å². The number of rotatable bonds is 3. The number of ether oxygens (including phenoxy) is 1. The van der Waals surface area contributed by atoms with E-state index in [1.54, 1.807) is 0 Å². The summed E-state index contributed by atoms with van der Waals surface area (Å²) in [6, 6.07) is 0.867. The number of nitrogens with zero attached hydrogens (tertiary/aromatic N) is 1. The van der Waals surface area contributed by atoms with E-state index in [1.807, 2.05) is 13.8 Å². The van der Waals surface area contributed by atoms with E-state index in [0.717, 1.165) is 0 Å². The molecule has 3 nitrogen and oxygen atoms in total. The van der Waals surface area contributed by atoms with Crippen LogP contribution in [0.3, 0.4) is 0 Å². The molecule has 2 aliphatic carbocycles. The van der Waals surface area contributed by atoms with E-state index in [0.29, 0.717) is 12.1 Å². The van der Waals surface area contributed by atoms with Crippen LogP contribution in [0.15, 0.2) is 0 Å². The molecular formula is C16H29NO2. The lowest BCUT2D eigenvalue weighted by atomic mass is 9.89. The summed E-state index contributed by atoms with van der Waals surface area (Å²) in [6.45, 7) is 3.88. The lowest BCUT2D eigenvalue weighted by molar-refractivity contribution is 0.0300. The van der Waals surface area contributed by atoms with Crippen molar-refractivity contribution in [3.05, 3.63) is 0 Å². The highest BCUT2D eigenvalue weighted by Gasteiger charge is 2.33. The second-order valence-corrected chi connectivity index (χ2v) is 6.42. The van der Waals surface area contributed by atoms with E-state index in [2.05, 4.69) is 4.90 Å². The number of hydrogen-bond acceptors (Lipinski definition) is 2. The molecule has 2 rings (SSSR count). The standard InChI is InChI=1S/C16H29NO2/c1-13(2)19-16(18)17(14-9-5-3-6-10-14)15-11-7-4-8-12-15/h13-15H,3-12H2,1-2H3. The van der Waals surface area contributed by atoms with Gasteiger partial charge in [-0.3, -0.25) is 0 Å². The van der Waals surface area contributed by atoms with E-state index in [9.17, 15) is 4.79 Å². The van der Waals surface area contributed by atoms with Gasteiger partial charge in [-0.25, -0.2) is 4.79 Å². The first-order chi connectivity index (χ1) is 9.18. The molecule has 110 valence electrons. The Bertz CT molecular complexity index is 260. The topological polar surface area (TPSA) is 29.5 Å². The van der Waals surface area contributed by atoms with Gasteiger partial charge in [0.1, 0.15) is 0 Å². The van der Waals surface area contributed by atoms with Gasteiger partial charge in [0.25, 0.3) is 0 Å². The molecule has 0 aliphatic heterocycles. The third kappa shape index (κ3) is 4.12. The molecule has 0 unspecified atom stereocenters. The van der Waals surface area contributed by atoms with Gasteiger partial charge < -0.3 is 9.64 Å². The fourth-order valence-electron chi connectivity index (χ4n) is 3.58. The Morgan fingerprint density at radius 3 is 1.68 bits per heavy atom. The van der Waals surface area contributed by atoms with Crippen molar-refractivity contribution in [2.75, 3.05) is 0 Å². The molecule has 0 saturated heterocycles. The molecule has 0 radical (unpaired) electrons. The third-order valence-corrected chi connectivity index (χ3v) is 4.48. The minimum atomic E-state index is -0.0613. The van der Waals surface area contributed by atoms with Crippen molar-refractivity contribution in [2.24, 2.45) is 0 Å².